The van der Waals surface area contributed by atoms with E-state index in [1.165, 1.54) is 0 Å². The maximum Gasteiger partial charge on any atom is 0.175 e. The van der Waals surface area contributed by atoms with E-state index in [9.17, 15) is 5.11 Å². The third-order valence-electron chi connectivity index (χ3n) is 2.59. The highest BCUT2D eigenvalue weighted by atomic mass is 79.9. The molecule has 0 aliphatic heterocycles. The summed E-state index contributed by atoms with van der Waals surface area (Å²) in [5, 5.41) is 9.49. The van der Waals surface area contributed by atoms with Crippen LogP contribution in [0.5, 0.6) is 11.5 Å². The first-order chi connectivity index (χ1) is 8.49. The number of aliphatic hydroxyl groups is 1. The fraction of sp³-hybridized carbons (Fsp3) is 0.538. The quantitative estimate of drug-likeness (QED) is 0.846. The lowest BCUT2D eigenvalue weighted by molar-refractivity contribution is 0.0577. The first-order valence-electron chi connectivity index (χ1n) is 5.99. The van der Waals surface area contributed by atoms with E-state index >= 15 is 0 Å². The lowest BCUT2D eigenvalue weighted by Crippen LogP contribution is -2.26. The van der Waals surface area contributed by atoms with Gasteiger partial charge in [0, 0.05) is 6.54 Å². The summed E-state index contributed by atoms with van der Waals surface area (Å²) >= 11 is 3.44. The Labute approximate surface area is 116 Å². The fourth-order valence-corrected chi connectivity index (χ4v) is 1.98. The van der Waals surface area contributed by atoms with Gasteiger partial charge in [-0.2, -0.15) is 0 Å². The molecule has 0 radical (unpaired) electrons. The molecule has 0 aliphatic rings. The molecule has 5 heteroatoms. The van der Waals surface area contributed by atoms with E-state index in [4.69, 9.17) is 15.2 Å². The summed E-state index contributed by atoms with van der Waals surface area (Å²) in [6.07, 6.45) is -0.871. The number of ether oxygens (including phenoxy) is 2. The molecule has 2 atom stereocenters. The zero-order chi connectivity index (χ0) is 13.7. The Morgan fingerprint density at radius 1 is 1.39 bits per heavy atom. The molecule has 0 aliphatic carbocycles. The highest BCUT2D eigenvalue weighted by molar-refractivity contribution is 9.10. The zero-order valence-electron chi connectivity index (χ0n) is 10.9. The largest absolute Gasteiger partial charge is 0.490 e. The molecule has 0 amide bonds. The van der Waals surface area contributed by atoms with E-state index in [1.54, 1.807) is 6.92 Å². The van der Waals surface area contributed by atoms with E-state index < -0.39 is 6.10 Å². The molecule has 4 nitrogen and oxygen atoms in total. The molecule has 0 heterocycles. The minimum Gasteiger partial charge on any atom is -0.490 e. The third kappa shape index (κ3) is 3.86. The average molecular weight is 318 g/mol. The van der Waals surface area contributed by atoms with Gasteiger partial charge < -0.3 is 20.3 Å². The molecular formula is C13H20BrNO3. The third-order valence-corrected chi connectivity index (χ3v) is 3.18. The molecule has 3 N–H and O–H groups in total. The van der Waals surface area contributed by atoms with Gasteiger partial charge in [-0.15, -0.1) is 0 Å². The van der Waals surface area contributed by atoms with Crippen molar-refractivity contribution >= 4 is 15.9 Å². The number of nitrogens with two attached hydrogens (primary N) is 1. The average Bonchev–Trinajstić information content (AvgIpc) is 2.32. The molecule has 0 aromatic heterocycles. The standard InChI is InChI=1S/C13H20BrNO3/c1-4-17-12-6-10(7-15)5-11(14)13(12)18-9(3)8(2)16/h5-6,8-9,16H,4,7,15H2,1-3H3. The molecule has 1 aromatic rings. The van der Waals surface area contributed by atoms with Gasteiger partial charge in [0.05, 0.1) is 17.2 Å². The van der Waals surface area contributed by atoms with Crippen molar-refractivity contribution in [3.8, 4) is 11.5 Å². The van der Waals surface area contributed by atoms with Crippen molar-refractivity contribution in [2.45, 2.75) is 39.5 Å². The lowest BCUT2D eigenvalue weighted by atomic mass is 10.2. The van der Waals surface area contributed by atoms with E-state index in [0.717, 1.165) is 10.0 Å². The molecule has 18 heavy (non-hydrogen) atoms. The van der Waals surface area contributed by atoms with Gasteiger partial charge in [-0.1, -0.05) is 0 Å². The van der Waals surface area contributed by atoms with Crippen LogP contribution in [0.1, 0.15) is 26.3 Å². The van der Waals surface area contributed by atoms with Gasteiger partial charge in [0.2, 0.25) is 0 Å². The van der Waals surface area contributed by atoms with Crippen LogP contribution < -0.4 is 15.2 Å². The molecule has 0 saturated carbocycles. The van der Waals surface area contributed by atoms with Gasteiger partial charge >= 0.3 is 0 Å². The highest BCUT2D eigenvalue weighted by Crippen LogP contribution is 2.37. The number of rotatable bonds is 6. The van der Waals surface area contributed by atoms with Crippen LogP contribution in [0.25, 0.3) is 0 Å². The van der Waals surface area contributed by atoms with Crippen molar-refractivity contribution < 1.29 is 14.6 Å². The van der Waals surface area contributed by atoms with Crippen molar-refractivity contribution in [3.63, 3.8) is 0 Å². The van der Waals surface area contributed by atoms with Crippen LogP contribution in [0.4, 0.5) is 0 Å². The Morgan fingerprint density at radius 2 is 2.06 bits per heavy atom. The van der Waals surface area contributed by atoms with E-state index in [-0.39, 0.29) is 6.10 Å². The summed E-state index contributed by atoms with van der Waals surface area (Å²) in [4.78, 5) is 0. The molecule has 0 spiro atoms. The summed E-state index contributed by atoms with van der Waals surface area (Å²) in [6, 6.07) is 3.75. The maximum absolute atomic E-state index is 9.49. The van der Waals surface area contributed by atoms with Gasteiger partial charge in [0.25, 0.3) is 0 Å². The van der Waals surface area contributed by atoms with Crippen LogP contribution >= 0.6 is 15.9 Å². The Bertz CT molecular complexity index is 396. The molecule has 102 valence electrons. The van der Waals surface area contributed by atoms with Crippen molar-refractivity contribution in [1.82, 2.24) is 0 Å². The molecular weight excluding hydrogens is 298 g/mol. The van der Waals surface area contributed by atoms with Crippen LogP contribution in [0, 0.1) is 0 Å². The molecule has 2 unspecified atom stereocenters. The molecule has 0 fully saturated rings. The van der Waals surface area contributed by atoms with Crippen LogP contribution in [-0.4, -0.2) is 23.9 Å². The topological polar surface area (TPSA) is 64.7 Å². The molecule has 1 aromatic carbocycles. The number of hydrogen-bond acceptors (Lipinski definition) is 4. The van der Waals surface area contributed by atoms with Crippen molar-refractivity contribution in [1.29, 1.82) is 0 Å². The molecule has 1 rings (SSSR count). The Morgan fingerprint density at radius 3 is 2.56 bits per heavy atom. The van der Waals surface area contributed by atoms with Crippen LogP contribution in [-0.2, 0) is 6.54 Å². The smallest absolute Gasteiger partial charge is 0.175 e. The number of hydrogen-bond donors (Lipinski definition) is 2. The van der Waals surface area contributed by atoms with Gasteiger partial charge in [-0.3, -0.25) is 0 Å². The maximum atomic E-state index is 9.49. The summed E-state index contributed by atoms with van der Waals surface area (Å²) in [6.45, 7) is 6.38. The first-order valence-corrected chi connectivity index (χ1v) is 6.78. The SMILES string of the molecule is CCOc1cc(CN)cc(Br)c1OC(C)C(C)O. The van der Waals surface area contributed by atoms with Gasteiger partial charge in [-0.05, 0) is 54.4 Å². The molecule has 0 bridgehead atoms. The number of benzene rings is 1. The minimum absolute atomic E-state index is 0.316. The van der Waals surface area contributed by atoms with Crippen LogP contribution in [0.3, 0.4) is 0 Å². The Balaban J connectivity index is 3.07. The lowest BCUT2D eigenvalue weighted by Gasteiger charge is -2.21. The summed E-state index contributed by atoms with van der Waals surface area (Å²) in [5.41, 5.74) is 6.59. The molecule has 0 saturated heterocycles. The van der Waals surface area contributed by atoms with Crippen molar-refractivity contribution in [3.05, 3.63) is 22.2 Å². The second-order valence-corrected chi connectivity index (χ2v) is 4.96. The normalized spacial score (nSPS) is 14.1. The predicted molar refractivity (Wildman–Crippen MR) is 75.0 cm³/mol. The predicted octanol–water partition coefficient (Wildman–Crippen LogP) is 2.45. The Hall–Kier alpha value is -0.780. The number of halogens is 1. The minimum atomic E-state index is -0.555. The Kier molecular flexibility index (Phi) is 5.91. The summed E-state index contributed by atoms with van der Waals surface area (Å²) in [5.74, 6) is 1.24. The van der Waals surface area contributed by atoms with E-state index in [0.29, 0.717) is 24.7 Å². The second kappa shape index (κ2) is 6.97. The zero-order valence-corrected chi connectivity index (χ0v) is 12.5. The first kappa shape index (κ1) is 15.3. The van der Waals surface area contributed by atoms with Gasteiger partial charge in [0.15, 0.2) is 11.5 Å². The summed E-state index contributed by atoms with van der Waals surface area (Å²) in [7, 11) is 0. The van der Waals surface area contributed by atoms with Crippen LogP contribution in [0.2, 0.25) is 0 Å². The fourth-order valence-electron chi connectivity index (χ4n) is 1.40. The highest BCUT2D eigenvalue weighted by Gasteiger charge is 2.17. The van der Waals surface area contributed by atoms with E-state index in [2.05, 4.69) is 15.9 Å². The summed E-state index contributed by atoms with van der Waals surface area (Å²) < 4.78 is 12.1. The monoisotopic (exact) mass is 317 g/mol. The van der Waals surface area contributed by atoms with Crippen LogP contribution in [0.15, 0.2) is 16.6 Å². The van der Waals surface area contributed by atoms with Gasteiger partial charge in [-0.25, -0.2) is 0 Å². The second-order valence-electron chi connectivity index (χ2n) is 4.11. The number of aliphatic hydroxyl groups excluding tert-OH is 1. The van der Waals surface area contributed by atoms with Gasteiger partial charge in [0.1, 0.15) is 6.10 Å². The van der Waals surface area contributed by atoms with E-state index in [1.807, 2.05) is 26.0 Å². The van der Waals surface area contributed by atoms with Crippen molar-refractivity contribution in [2.75, 3.05) is 6.61 Å². The van der Waals surface area contributed by atoms with Crippen molar-refractivity contribution in [2.24, 2.45) is 5.73 Å².